The maximum absolute atomic E-state index is 13.8. The van der Waals surface area contributed by atoms with Gasteiger partial charge in [0.05, 0.1) is 12.3 Å². The highest BCUT2D eigenvalue weighted by atomic mass is 32.3. The van der Waals surface area contributed by atoms with Crippen LogP contribution in [0.1, 0.15) is 40.5 Å². The van der Waals surface area contributed by atoms with Crippen molar-refractivity contribution in [2.75, 3.05) is 5.32 Å². The monoisotopic (exact) mass is 433 g/mol. The summed E-state index contributed by atoms with van der Waals surface area (Å²) < 4.78 is 44.3. The fourth-order valence-electron chi connectivity index (χ4n) is 2.63. The van der Waals surface area contributed by atoms with E-state index in [-0.39, 0.29) is 26.5 Å². The summed E-state index contributed by atoms with van der Waals surface area (Å²) in [6, 6.07) is 10.7. The van der Waals surface area contributed by atoms with Gasteiger partial charge in [-0.15, -0.1) is 0 Å². The molecule has 2 heterocycles. The first-order chi connectivity index (χ1) is 13.9. The van der Waals surface area contributed by atoms with Crippen LogP contribution in [0.15, 0.2) is 52.9 Å². The standard InChI is InChI=1S/C19H16FN3O4S2/c20-14-6-2-1-5-13(14)11-27-29(25,26)18-16(12-8-9-12)22-19(28-18)23-17(24)15-7-3-4-10-21-15/h1-7,10,12H,8-9,11H2,(H,22,23,24). The number of nitrogens with zero attached hydrogens (tertiary/aromatic N) is 2. The molecule has 3 aromatic rings. The van der Waals surface area contributed by atoms with Crippen LogP contribution in [0, 0.1) is 5.82 Å². The van der Waals surface area contributed by atoms with Crippen molar-refractivity contribution in [2.24, 2.45) is 0 Å². The zero-order valence-corrected chi connectivity index (χ0v) is 16.7. The molecule has 0 radical (unpaired) electrons. The number of aromatic nitrogens is 2. The maximum Gasteiger partial charge on any atom is 0.308 e. The van der Waals surface area contributed by atoms with E-state index in [4.69, 9.17) is 4.18 Å². The van der Waals surface area contributed by atoms with E-state index in [1.807, 2.05) is 0 Å². The molecule has 1 N–H and O–H groups in total. The molecular weight excluding hydrogens is 417 g/mol. The van der Waals surface area contributed by atoms with Crippen LogP contribution in [-0.4, -0.2) is 24.3 Å². The zero-order chi connectivity index (χ0) is 20.4. The van der Waals surface area contributed by atoms with E-state index >= 15 is 0 Å². The van der Waals surface area contributed by atoms with Gasteiger partial charge in [-0.1, -0.05) is 35.6 Å². The largest absolute Gasteiger partial charge is 0.308 e. The zero-order valence-electron chi connectivity index (χ0n) is 15.0. The molecule has 2 aromatic heterocycles. The molecule has 1 saturated carbocycles. The van der Waals surface area contributed by atoms with Crippen molar-refractivity contribution in [3.8, 4) is 0 Å². The molecule has 150 valence electrons. The second-order valence-electron chi connectivity index (χ2n) is 6.44. The Morgan fingerprint density at radius 1 is 1.21 bits per heavy atom. The molecule has 0 aliphatic heterocycles. The van der Waals surface area contributed by atoms with E-state index in [0.29, 0.717) is 5.69 Å². The lowest BCUT2D eigenvalue weighted by Crippen LogP contribution is -2.13. The minimum Gasteiger partial charge on any atom is -0.296 e. The summed E-state index contributed by atoms with van der Waals surface area (Å²) in [6.07, 6.45) is 3.11. The van der Waals surface area contributed by atoms with E-state index in [2.05, 4.69) is 15.3 Å². The number of thiazole rings is 1. The summed E-state index contributed by atoms with van der Waals surface area (Å²) in [4.78, 5) is 20.5. The molecular formula is C19H16FN3O4S2. The number of nitrogens with one attached hydrogen (secondary N) is 1. The van der Waals surface area contributed by atoms with Gasteiger partial charge in [-0.3, -0.25) is 19.3 Å². The van der Waals surface area contributed by atoms with Crippen molar-refractivity contribution in [3.63, 3.8) is 0 Å². The SMILES string of the molecule is O=C(Nc1nc(C2CC2)c(S(=O)(=O)OCc2ccccc2F)s1)c1ccccn1. The average Bonchev–Trinajstić information content (AvgIpc) is 3.48. The molecule has 0 saturated heterocycles. The normalized spacial score (nSPS) is 14.0. The Balaban J connectivity index is 1.56. The van der Waals surface area contributed by atoms with Crippen LogP contribution in [-0.2, 0) is 20.9 Å². The minimum absolute atomic E-state index is 0.00795. The first kappa shape index (κ1) is 19.6. The third-order valence-corrected chi connectivity index (χ3v) is 6.99. The van der Waals surface area contributed by atoms with Crippen LogP contribution in [0.25, 0.3) is 0 Å². The third-order valence-electron chi connectivity index (χ3n) is 4.26. The molecule has 0 spiro atoms. The first-order valence-corrected chi connectivity index (χ1v) is 11.0. The van der Waals surface area contributed by atoms with Crippen molar-refractivity contribution < 1.29 is 21.8 Å². The summed E-state index contributed by atoms with van der Waals surface area (Å²) in [5.41, 5.74) is 0.702. The number of hydrogen-bond donors (Lipinski definition) is 1. The summed E-state index contributed by atoms with van der Waals surface area (Å²) in [5.74, 6) is -1.02. The number of hydrogen-bond acceptors (Lipinski definition) is 7. The fraction of sp³-hybridized carbons (Fsp3) is 0.211. The van der Waals surface area contributed by atoms with E-state index in [1.165, 1.54) is 24.4 Å². The van der Waals surface area contributed by atoms with Gasteiger partial charge in [-0.2, -0.15) is 8.42 Å². The van der Waals surface area contributed by atoms with Crippen molar-refractivity contribution >= 4 is 32.5 Å². The predicted octanol–water partition coefficient (Wildman–Crippen LogP) is 3.71. The van der Waals surface area contributed by atoms with Gasteiger partial charge in [0.25, 0.3) is 5.91 Å². The van der Waals surface area contributed by atoms with E-state index in [0.717, 1.165) is 24.2 Å². The van der Waals surface area contributed by atoms with Gasteiger partial charge in [-0.25, -0.2) is 9.37 Å². The summed E-state index contributed by atoms with van der Waals surface area (Å²) in [7, 11) is -4.17. The highest BCUT2D eigenvalue weighted by Crippen LogP contribution is 2.45. The Kier molecular flexibility index (Phi) is 5.39. The molecule has 1 amide bonds. The highest BCUT2D eigenvalue weighted by molar-refractivity contribution is 7.89. The van der Waals surface area contributed by atoms with Gasteiger partial charge in [0.15, 0.2) is 9.34 Å². The summed E-state index contributed by atoms with van der Waals surface area (Å²) >= 11 is 0.820. The van der Waals surface area contributed by atoms with Crippen molar-refractivity contribution in [3.05, 3.63) is 71.4 Å². The van der Waals surface area contributed by atoms with E-state index < -0.39 is 28.4 Å². The number of carbonyl (C=O) groups excluding carboxylic acids is 1. The van der Waals surface area contributed by atoms with Crippen LogP contribution in [0.3, 0.4) is 0 Å². The topological polar surface area (TPSA) is 98.2 Å². The first-order valence-electron chi connectivity index (χ1n) is 8.80. The minimum atomic E-state index is -4.17. The van der Waals surface area contributed by atoms with Gasteiger partial charge in [0.2, 0.25) is 0 Å². The molecule has 4 rings (SSSR count). The van der Waals surface area contributed by atoms with E-state index in [1.54, 1.807) is 24.3 Å². The molecule has 1 fully saturated rings. The van der Waals surface area contributed by atoms with Crippen LogP contribution in [0.5, 0.6) is 0 Å². The number of benzene rings is 1. The molecule has 1 aromatic carbocycles. The number of pyridine rings is 1. The number of amides is 1. The number of anilines is 1. The fourth-order valence-corrected chi connectivity index (χ4v) is 5.06. The predicted molar refractivity (Wildman–Crippen MR) is 105 cm³/mol. The van der Waals surface area contributed by atoms with Crippen LogP contribution < -0.4 is 5.32 Å². The van der Waals surface area contributed by atoms with Gasteiger partial charge in [0.1, 0.15) is 11.5 Å². The van der Waals surface area contributed by atoms with Gasteiger partial charge >= 0.3 is 10.1 Å². The number of halogens is 1. The molecule has 29 heavy (non-hydrogen) atoms. The second kappa shape index (κ2) is 7.97. The lowest BCUT2D eigenvalue weighted by atomic mass is 10.2. The number of rotatable bonds is 7. The Morgan fingerprint density at radius 3 is 2.66 bits per heavy atom. The molecule has 1 aliphatic carbocycles. The van der Waals surface area contributed by atoms with Crippen molar-refractivity contribution in [2.45, 2.75) is 29.6 Å². The Hall–Kier alpha value is -2.69. The lowest BCUT2D eigenvalue weighted by Gasteiger charge is -2.06. The average molecular weight is 433 g/mol. The molecule has 10 heteroatoms. The van der Waals surface area contributed by atoms with Crippen molar-refractivity contribution in [1.29, 1.82) is 0 Å². The third kappa shape index (κ3) is 4.50. The van der Waals surface area contributed by atoms with Gasteiger partial charge in [-0.05, 0) is 31.0 Å². The molecule has 7 nitrogen and oxygen atoms in total. The summed E-state index contributed by atoms with van der Waals surface area (Å²) in [6.45, 7) is -0.424. The molecule has 0 unspecified atom stereocenters. The van der Waals surface area contributed by atoms with E-state index in [9.17, 15) is 17.6 Å². The van der Waals surface area contributed by atoms with Crippen LogP contribution in [0.4, 0.5) is 9.52 Å². The number of carbonyl (C=O) groups is 1. The Morgan fingerprint density at radius 2 is 1.97 bits per heavy atom. The lowest BCUT2D eigenvalue weighted by molar-refractivity contribution is 0.102. The molecule has 0 bridgehead atoms. The van der Waals surface area contributed by atoms with Crippen molar-refractivity contribution in [1.82, 2.24) is 9.97 Å². The molecule has 0 atom stereocenters. The van der Waals surface area contributed by atoms with Gasteiger partial charge < -0.3 is 0 Å². The van der Waals surface area contributed by atoms with Gasteiger partial charge in [0, 0.05) is 17.7 Å². The smallest absolute Gasteiger partial charge is 0.296 e. The maximum atomic E-state index is 13.8. The van der Waals surface area contributed by atoms with Crippen LogP contribution >= 0.6 is 11.3 Å². The Labute approximate surface area is 170 Å². The van der Waals surface area contributed by atoms with Crippen LogP contribution in [0.2, 0.25) is 0 Å². The summed E-state index contributed by atoms with van der Waals surface area (Å²) in [5, 5.41) is 2.73. The quantitative estimate of drug-likeness (QED) is 0.571. The Bertz CT molecular complexity index is 1150. The second-order valence-corrected chi connectivity index (χ2v) is 9.25. The molecule has 1 aliphatic rings. The highest BCUT2D eigenvalue weighted by Gasteiger charge is 2.35.